The quantitative estimate of drug-likeness (QED) is 0.777. The Labute approximate surface area is 136 Å². The van der Waals surface area contributed by atoms with Crippen molar-refractivity contribution in [2.24, 2.45) is 0 Å². The zero-order valence-corrected chi connectivity index (χ0v) is 13.2. The fourth-order valence-corrected chi connectivity index (χ4v) is 2.61. The lowest BCUT2D eigenvalue weighted by molar-refractivity contribution is -0.132. The molecule has 1 aliphatic heterocycles. The molecule has 1 heterocycles. The van der Waals surface area contributed by atoms with Crippen LogP contribution in [0.3, 0.4) is 0 Å². The first-order valence-corrected chi connectivity index (χ1v) is 7.87. The first-order valence-electron chi connectivity index (χ1n) is 6.88. The van der Waals surface area contributed by atoms with E-state index in [2.05, 4.69) is 10.9 Å². The molecule has 124 valence electrons. The summed E-state index contributed by atoms with van der Waals surface area (Å²) < 4.78 is 18.1. The number of hydrogen-bond acceptors (Lipinski definition) is 5. The van der Waals surface area contributed by atoms with Gasteiger partial charge in [0, 0.05) is 12.3 Å². The summed E-state index contributed by atoms with van der Waals surface area (Å²) in [6.45, 7) is 1.89. The molecule has 1 fully saturated rings. The summed E-state index contributed by atoms with van der Waals surface area (Å²) in [7, 11) is 0. The first-order chi connectivity index (χ1) is 11.0. The second-order valence-electron chi connectivity index (χ2n) is 4.79. The van der Waals surface area contributed by atoms with Gasteiger partial charge in [-0.05, 0) is 31.2 Å². The molecule has 0 radical (unpaired) electrons. The third kappa shape index (κ3) is 5.13. The highest BCUT2D eigenvalue weighted by atomic mass is 32.2. The van der Waals surface area contributed by atoms with Crippen molar-refractivity contribution in [1.29, 1.82) is 0 Å². The van der Waals surface area contributed by atoms with Crippen LogP contribution in [0.4, 0.5) is 9.18 Å². The molecule has 0 unspecified atom stereocenters. The van der Waals surface area contributed by atoms with Gasteiger partial charge < -0.3 is 9.64 Å². The number of ether oxygens (including phenoxy) is 1. The van der Waals surface area contributed by atoms with Crippen LogP contribution >= 0.6 is 11.8 Å². The second kappa shape index (κ2) is 7.82. The third-order valence-electron chi connectivity index (χ3n) is 3.00. The molecule has 0 aromatic heterocycles. The molecule has 1 atom stereocenters. The summed E-state index contributed by atoms with van der Waals surface area (Å²) in [4.78, 5) is 36.2. The number of halogens is 1. The van der Waals surface area contributed by atoms with Gasteiger partial charge in [0.1, 0.15) is 18.1 Å². The molecule has 1 aromatic carbocycles. The average molecular weight is 341 g/mol. The number of amides is 3. The van der Waals surface area contributed by atoms with E-state index in [9.17, 15) is 18.8 Å². The number of carbonyl (C=O) groups excluding carboxylic acids is 3. The van der Waals surface area contributed by atoms with Gasteiger partial charge in [0.15, 0.2) is 6.10 Å². The number of carbonyl (C=O) groups is 3. The van der Waals surface area contributed by atoms with Crippen LogP contribution in [0.25, 0.3) is 0 Å². The van der Waals surface area contributed by atoms with Gasteiger partial charge in [0.25, 0.3) is 17.1 Å². The number of benzene rings is 1. The van der Waals surface area contributed by atoms with Gasteiger partial charge in [-0.3, -0.25) is 25.2 Å². The highest BCUT2D eigenvalue weighted by Gasteiger charge is 2.23. The molecular formula is C14H16FN3O4S. The third-order valence-corrected chi connectivity index (χ3v) is 3.89. The number of nitrogens with one attached hydrogen (secondary N) is 2. The van der Waals surface area contributed by atoms with E-state index in [-0.39, 0.29) is 11.8 Å². The van der Waals surface area contributed by atoms with E-state index in [1.54, 1.807) is 0 Å². The Kier molecular flexibility index (Phi) is 5.80. The maximum absolute atomic E-state index is 12.8. The summed E-state index contributed by atoms with van der Waals surface area (Å²) in [6, 6.07) is 5.22. The minimum Gasteiger partial charge on any atom is -0.481 e. The van der Waals surface area contributed by atoms with Crippen molar-refractivity contribution in [1.82, 2.24) is 15.8 Å². The number of hydrazine groups is 1. The molecule has 0 aliphatic carbocycles. The van der Waals surface area contributed by atoms with Crippen LogP contribution in [0.1, 0.15) is 6.92 Å². The van der Waals surface area contributed by atoms with E-state index < -0.39 is 23.7 Å². The Hall–Kier alpha value is -2.29. The zero-order valence-electron chi connectivity index (χ0n) is 12.4. The fraction of sp³-hybridized carbons (Fsp3) is 0.357. The van der Waals surface area contributed by atoms with E-state index in [4.69, 9.17) is 4.74 Å². The molecule has 0 spiro atoms. The maximum Gasteiger partial charge on any atom is 0.282 e. The minimum atomic E-state index is -0.885. The fourth-order valence-electron chi connectivity index (χ4n) is 1.79. The van der Waals surface area contributed by atoms with E-state index in [0.29, 0.717) is 18.0 Å². The average Bonchev–Trinajstić information content (AvgIpc) is 2.92. The van der Waals surface area contributed by atoms with Crippen molar-refractivity contribution >= 4 is 28.8 Å². The Morgan fingerprint density at radius 2 is 2.04 bits per heavy atom. The molecule has 2 N–H and O–H groups in total. The van der Waals surface area contributed by atoms with E-state index in [1.807, 2.05) is 0 Å². The van der Waals surface area contributed by atoms with Crippen LogP contribution in [0, 0.1) is 5.82 Å². The summed E-state index contributed by atoms with van der Waals surface area (Å²) in [6.07, 6.45) is -0.885. The van der Waals surface area contributed by atoms with Crippen molar-refractivity contribution in [2.45, 2.75) is 13.0 Å². The monoisotopic (exact) mass is 341 g/mol. The van der Waals surface area contributed by atoms with Crippen molar-refractivity contribution < 1.29 is 23.5 Å². The normalized spacial score (nSPS) is 15.2. The van der Waals surface area contributed by atoms with Crippen LogP contribution in [0.5, 0.6) is 5.75 Å². The standard InChI is InChI=1S/C14H16FN3O4S/c1-9(22-11-4-2-10(15)3-5-11)13(20)17-16-12(19)8-18-6-7-23-14(18)21/h2-5,9H,6-8H2,1H3,(H,16,19)(H,17,20)/t9-/m1/s1. The predicted molar refractivity (Wildman–Crippen MR) is 82.2 cm³/mol. The smallest absolute Gasteiger partial charge is 0.282 e. The largest absolute Gasteiger partial charge is 0.481 e. The van der Waals surface area contributed by atoms with Crippen LogP contribution < -0.4 is 15.6 Å². The first kappa shape index (κ1) is 17.1. The summed E-state index contributed by atoms with van der Waals surface area (Å²) in [5.41, 5.74) is 4.44. The molecule has 23 heavy (non-hydrogen) atoms. The molecule has 9 heteroatoms. The Balaban J connectivity index is 1.73. The van der Waals surface area contributed by atoms with Crippen LogP contribution in [0.2, 0.25) is 0 Å². The van der Waals surface area contributed by atoms with Gasteiger partial charge in [-0.1, -0.05) is 11.8 Å². The Morgan fingerprint density at radius 1 is 1.35 bits per heavy atom. The van der Waals surface area contributed by atoms with Crippen LogP contribution in [-0.2, 0) is 9.59 Å². The summed E-state index contributed by atoms with van der Waals surface area (Å²) >= 11 is 1.15. The van der Waals surface area contributed by atoms with E-state index in [0.717, 1.165) is 11.8 Å². The molecule has 0 bridgehead atoms. The van der Waals surface area contributed by atoms with Crippen LogP contribution in [0.15, 0.2) is 24.3 Å². The molecule has 1 aromatic rings. The lowest BCUT2D eigenvalue weighted by Gasteiger charge is -2.17. The van der Waals surface area contributed by atoms with Crippen molar-refractivity contribution in [2.75, 3.05) is 18.8 Å². The van der Waals surface area contributed by atoms with Crippen molar-refractivity contribution in [3.05, 3.63) is 30.1 Å². The molecule has 7 nitrogen and oxygen atoms in total. The predicted octanol–water partition coefficient (Wildman–Crippen LogP) is 0.909. The maximum atomic E-state index is 12.8. The second-order valence-corrected chi connectivity index (χ2v) is 5.83. The molecule has 0 saturated carbocycles. The van der Waals surface area contributed by atoms with E-state index >= 15 is 0 Å². The van der Waals surface area contributed by atoms with Crippen LogP contribution in [-0.4, -0.2) is 46.9 Å². The lowest BCUT2D eigenvalue weighted by atomic mass is 10.3. The summed E-state index contributed by atoms with van der Waals surface area (Å²) in [5, 5.41) is -0.153. The summed E-state index contributed by atoms with van der Waals surface area (Å²) in [5.74, 6) is -0.481. The number of thioether (sulfide) groups is 1. The Morgan fingerprint density at radius 3 is 2.65 bits per heavy atom. The SMILES string of the molecule is C[C@@H](Oc1ccc(F)cc1)C(=O)NNC(=O)CN1CCSC1=O. The van der Waals surface area contributed by atoms with Gasteiger partial charge >= 0.3 is 0 Å². The highest BCUT2D eigenvalue weighted by Crippen LogP contribution is 2.16. The Bertz CT molecular complexity index is 596. The topological polar surface area (TPSA) is 87.7 Å². The molecule has 3 amide bonds. The van der Waals surface area contributed by atoms with Crippen molar-refractivity contribution in [3.8, 4) is 5.75 Å². The number of rotatable bonds is 5. The molecule has 1 aliphatic rings. The van der Waals surface area contributed by atoms with Gasteiger partial charge in [-0.2, -0.15) is 0 Å². The van der Waals surface area contributed by atoms with E-state index in [1.165, 1.54) is 36.1 Å². The molecule has 1 saturated heterocycles. The van der Waals surface area contributed by atoms with Crippen molar-refractivity contribution in [3.63, 3.8) is 0 Å². The molecular weight excluding hydrogens is 325 g/mol. The van der Waals surface area contributed by atoms with Gasteiger partial charge in [0.2, 0.25) is 0 Å². The zero-order chi connectivity index (χ0) is 16.8. The van der Waals surface area contributed by atoms with Gasteiger partial charge in [-0.25, -0.2) is 4.39 Å². The lowest BCUT2D eigenvalue weighted by Crippen LogP contribution is -2.50. The van der Waals surface area contributed by atoms with Gasteiger partial charge in [-0.15, -0.1) is 0 Å². The van der Waals surface area contributed by atoms with Gasteiger partial charge in [0.05, 0.1) is 0 Å². The number of hydrogen-bond donors (Lipinski definition) is 2. The minimum absolute atomic E-state index is 0.112. The molecule has 2 rings (SSSR count). The highest BCUT2D eigenvalue weighted by molar-refractivity contribution is 8.13. The number of nitrogens with zero attached hydrogens (tertiary/aromatic N) is 1.